The lowest BCUT2D eigenvalue weighted by atomic mass is 10.1. The molecule has 1 amide bonds. The maximum absolute atomic E-state index is 11.3. The number of nitrogens with one attached hydrogen (secondary N) is 1. The van der Waals surface area contributed by atoms with Gasteiger partial charge in [0.2, 0.25) is 0 Å². The first-order valence-corrected chi connectivity index (χ1v) is 4.81. The van der Waals surface area contributed by atoms with Crippen molar-refractivity contribution in [2.45, 2.75) is 18.6 Å². The molecule has 7 heteroatoms. The van der Waals surface area contributed by atoms with E-state index in [9.17, 15) is 14.7 Å². The number of hydrogen-bond acceptors (Lipinski definition) is 5. The van der Waals surface area contributed by atoms with Gasteiger partial charge in [-0.1, -0.05) is 12.7 Å². The Morgan fingerprint density at radius 3 is 2.47 bits per heavy atom. The number of amides is 1. The first-order chi connectivity index (χ1) is 7.92. The first kappa shape index (κ1) is 15.3. The van der Waals surface area contributed by atoms with Crippen LogP contribution < -0.4 is 11.1 Å². The number of rotatable bonds is 7. The molecule has 0 unspecified atom stereocenters. The number of carboxylic acid groups (broad SMARTS) is 1. The smallest absolute Gasteiger partial charge is 0.320 e. The van der Waals surface area contributed by atoms with Crippen molar-refractivity contribution in [3.8, 4) is 0 Å². The van der Waals surface area contributed by atoms with Gasteiger partial charge in [0.05, 0.1) is 6.61 Å². The number of carbonyl (C=O) groups is 2. The second-order valence-corrected chi connectivity index (χ2v) is 3.29. The molecule has 0 saturated heterocycles. The Hall–Kier alpha value is -1.70. The molecule has 7 nitrogen and oxygen atoms in total. The summed E-state index contributed by atoms with van der Waals surface area (Å²) in [6, 6.07) is -1.31. The zero-order valence-corrected chi connectivity index (χ0v) is 9.17. The minimum atomic E-state index is -1.53. The SMILES string of the molecule is C=C/C(=C\NC(=O)[C@@H](O)C[C@H](N)C(=O)O)CO. The average Bonchev–Trinajstić information content (AvgIpc) is 2.29. The number of aliphatic hydroxyl groups excluding tert-OH is 2. The van der Waals surface area contributed by atoms with Crippen molar-refractivity contribution in [3.63, 3.8) is 0 Å². The molecule has 2 atom stereocenters. The fraction of sp³-hybridized carbons (Fsp3) is 0.400. The molecule has 17 heavy (non-hydrogen) atoms. The molecular formula is C10H16N2O5. The summed E-state index contributed by atoms with van der Waals surface area (Å²) in [7, 11) is 0. The Morgan fingerprint density at radius 2 is 2.06 bits per heavy atom. The molecule has 0 bridgehead atoms. The fourth-order valence-corrected chi connectivity index (χ4v) is 0.878. The van der Waals surface area contributed by atoms with Crippen molar-refractivity contribution in [2.75, 3.05) is 6.61 Å². The van der Waals surface area contributed by atoms with Crippen LogP contribution in [-0.2, 0) is 9.59 Å². The number of carboxylic acids is 1. The fourth-order valence-electron chi connectivity index (χ4n) is 0.878. The monoisotopic (exact) mass is 244 g/mol. The molecule has 0 fully saturated rings. The van der Waals surface area contributed by atoms with Crippen LogP contribution in [0.4, 0.5) is 0 Å². The third-order valence-corrected chi connectivity index (χ3v) is 1.94. The lowest BCUT2D eigenvalue weighted by Gasteiger charge is -2.12. The van der Waals surface area contributed by atoms with E-state index in [2.05, 4.69) is 11.9 Å². The quantitative estimate of drug-likeness (QED) is 0.340. The van der Waals surface area contributed by atoms with Crippen LogP contribution in [-0.4, -0.2) is 45.9 Å². The third kappa shape index (κ3) is 5.81. The molecule has 0 aliphatic heterocycles. The highest BCUT2D eigenvalue weighted by molar-refractivity contribution is 5.83. The molecule has 0 aromatic carbocycles. The van der Waals surface area contributed by atoms with E-state index in [0.717, 1.165) is 0 Å². The predicted molar refractivity (Wildman–Crippen MR) is 59.7 cm³/mol. The lowest BCUT2D eigenvalue weighted by molar-refractivity contribution is -0.140. The van der Waals surface area contributed by atoms with Gasteiger partial charge < -0.3 is 26.4 Å². The highest BCUT2D eigenvalue weighted by Crippen LogP contribution is 1.98. The molecule has 6 N–H and O–H groups in total. The van der Waals surface area contributed by atoms with Crippen LogP contribution in [0.5, 0.6) is 0 Å². The number of aliphatic carboxylic acids is 1. The summed E-state index contributed by atoms with van der Waals surface area (Å²) in [5, 5.41) is 28.7. The van der Waals surface area contributed by atoms with E-state index in [0.29, 0.717) is 5.57 Å². The van der Waals surface area contributed by atoms with E-state index in [4.69, 9.17) is 15.9 Å². The van der Waals surface area contributed by atoms with Crippen LogP contribution in [0.25, 0.3) is 0 Å². The minimum Gasteiger partial charge on any atom is -0.480 e. The summed E-state index contributed by atoms with van der Waals surface area (Å²) in [5.41, 5.74) is 5.51. The highest BCUT2D eigenvalue weighted by atomic mass is 16.4. The maximum atomic E-state index is 11.3. The predicted octanol–water partition coefficient (Wildman–Crippen LogP) is -1.67. The number of aliphatic hydroxyl groups is 2. The molecule has 0 radical (unpaired) electrons. The van der Waals surface area contributed by atoms with Gasteiger partial charge in [-0.25, -0.2) is 0 Å². The van der Waals surface area contributed by atoms with Gasteiger partial charge in [0.15, 0.2) is 0 Å². The zero-order valence-electron chi connectivity index (χ0n) is 9.17. The van der Waals surface area contributed by atoms with Gasteiger partial charge in [-0.15, -0.1) is 0 Å². The van der Waals surface area contributed by atoms with Gasteiger partial charge in [0, 0.05) is 12.6 Å². The Kier molecular flexibility index (Phi) is 6.80. The Bertz CT molecular complexity index is 327. The van der Waals surface area contributed by atoms with Crippen LogP contribution in [0.2, 0.25) is 0 Å². The third-order valence-electron chi connectivity index (χ3n) is 1.94. The summed E-state index contributed by atoms with van der Waals surface area (Å²) in [6.45, 7) is 3.08. The van der Waals surface area contributed by atoms with E-state index in [-0.39, 0.29) is 6.61 Å². The van der Waals surface area contributed by atoms with E-state index in [1.54, 1.807) is 0 Å². The second-order valence-electron chi connectivity index (χ2n) is 3.29. The summed E-state index contributed by atoms with van der Waals surface area (Å²) in [6.07, 6.45) is 0.583. The van der Waals surface area contributed by atoms with Gasteiger partial charge in [-0.2, -0.15) is 0 Å². The Morgan fingerprint density at radius 1 is 1.47 bits per heavy atom. The van der Waals surface area contributed by atoms with Gasteiger partial charge in [0.1, 0.15) is 12.1 Å². The van der Waals surface area contributed by atoms with E-state index in [1.165, 1.54) is 12.3 Å². The van der Waals surface area contributed by atoms with Crippen LogP contribution in [0, 0.1) is 0 Å². The second kappa shape index (κ2) is 7.55. The molecule has 0 aromatic heterocycles. The lowest BCUT2D eigenvalue weighted by Crippen LogP contribution is -2.40. The van der Waals surface area contributed by atoms with Gasteiger partial charge in [0.25, 0.3) is 5.91 Å². The number of nitrogens with two attached hydrogens (primary N) is 1. The molecule has 0 heterocycles. The molecule has 0 aliphatic carbocycles. The van der Waals surface area contributed by atoms with Gasteiger partial charge in [-0.05, 0) is 5.57 Å². The van der Waals surface area contributed by atoms with Crippen LogP contribution in [0.1, 0.15) is 6.42 Å². The average molecular weight is 244 g/mol. The Balaban J connectivity index is 4.28. The van der Waals surface area contributed by atoms with Crippen LogP contribution in [0.3, 0.4) is 0 Å². The number of hydrogen-bond donors (Lipinski definition) is 5. The number of carbonyl (C=O) groups excluding carboxylic acids is 1. The highest BCUT2D eigenvalue weighted by Gasteiger charge is 2.21. The molecule has 96 valence electrons. The van der Waals surface area contributed by atoms with Crippen molar-refractivity contribution in [3.05, 3.63) is 24.4 Å². The minimum absolute atomic E-state index is 0.311. The molecular weight excluding hydrogens is 228 g/mol. The summed E-state index contributed by atoms with van der Waals surface area (Å²) < 4.78 is 0. The maximum Gasteiger partial charge on any atom is 0.320 e. The Labute approximate surface area is 98.2 Å². The van der Waals surface area contributed by atoms with Crippen molar-refractivity contribution >= 4 is 11.9 Å². The van der Waals surface area contributed by atoms with E-state index in [1.807, 2.05) is 0 Å². The first-order valence-electron chi connectivity index (χ1n) is 4.81. The zero-order chi connectivity index (χ0) is 13.4. The van der Waals surface area contributed by atoms with Crippen LogP contribution in [0.15, 0.2) is 24.4 Å². The molecule has 0 aromatic rings. The van der Waals surface area contributed by atoms with Crippen molar-refractivity contribution in [1.82, 2.24) is 5.32 Å². The van der Waals surface area contributed by atoms with Crippen molar-refractivity contribution < 1.29 is 24.9 Å². The molecule has 0 spiro atoms. The van der Waals surface area contributed by atoms with Gasteiger partial charge in [-0.3, -0.25) is 9.59 Å². The summed E-state index contributed by atoms with van der Waals surface area (Å²) >= 11 is 0. The summed E-state index contributed by atoms with van der Waals surface area (Å²) in [5.74, 6) is -2.09. The van der Waals surface area contributed by atoms with Crippen molar-refractivity contribution in [1.29, 1.82) is 0 Å². The van der Waals surface area contributed by atoms with E-state index < -0.39 is 30.4 Å². The van der Waals surface area contributed by atoms with Crippen molar-refractivity contribution in [2.24, 2.45) is 5.73 Å². The van der Waals surface area contributed by atoms with E-state index >= 15 is 0 Å². The topological polar surface area (TPSA) is 133 Å². The molecule has 0 rings (SSSR count). The standard InChI is InChI=1S/C10H16N2O5/c1-2-6(5-13)4-12-9(15)8(14)3-7(11)10(16)17/h2,4,7-8,13-14H,1,3,5,11H2,(H,12,15)(H,16,17)/b6-4+/t7-,8-/m0/s1. The normalized spacial score (nSPS) is 14.9. The molecule has 0 aliphatic rings. The molecule has 0 saturated carbocycles. The largest absolute Gasteiger partial charge is 0.480 e. The van der Waals surface area contributed by atoms with Gasteiger partial charge >= 0.3 is 5.97 Å². The summed E-state index contributed by atoms with van der Waals surface area (Å²) in [4.78, 5) is 21.7. The van der Waals surface area contributed by atoms with Crippen LogP contribution >= 0.6 is 0 Å².